The third kappa shape index (κ3) is 5.01. The second-order valence-corrected chi connectivity index (χ2v) is 9.89. The van der Waals surface area contributed by atoms with Gasteiger partial charge in [0.2, 0.25) is 5.91 Å². The molecule has 2 aromatic carbocycles. The van der Waals surface area contributed by atoms with Crippen LogP contribution in [0.4, 0.5) is 0 Å². The van der Waals surface area contributed by atoms with Crippen molar-refractivity contribution in [3.8, 4) is 5.75 Å². The number of para-hydroxylation sites is 1. The zero-order chi connectivity index (χ0) is 22.6. The number of nitrogens with zero attached hydrogens (tertiary/aromatic N) is 2. The molecule has 0 saturated carbocycles. The summed E-state index contributed by atoms with van der Waals surface area (Å²) in [6.45, 7) is 2.28. The van der Waals surface area contributed by atoms with Gasteiger partial charge in [0.15, 0.2) is 0 Å². The molecule has 2 heterocycles. The average Bonchev–Trinajstić information content (AvgIpc) is 2.81. The van der Waals surface area contributed by atoms with Gasteiger partial charge in [-0.25, -0.2) is 0 Å². The first kappa shape index (κ1) is 22.8. The predicted octanol–water partition coefficient (Wildman–Crippen LogP) is 4.94. The standard InChI is InChI=1S/C26H31BrN2O3/c1-28-17-18-32-23-11-3-2-7-20(23)8-4-5-12-26(25(28)31)13-15-29(16-14-26)24(30)21-9-6-10-22(27)19-21/h2-3,6-7,9-11,19H,4-5,8,12-18H2,1H3. The molecule has 2 aromatic rings. The van der Waals surface area contributed by atoms with Crippen LogP contribution in [0.2, 0.25) is 0 Å². The van der Waals surface area contributed by atoms with E-state index in [1.54, 1.807) is 0 Å². The summed E-state index contributed by atoms with van der Waals surface area (Å²) in [4.78, 5) is 30.2. The Morgan fingerprint density at radius 2 is 1.78 bits per heavy atom. The zero-order valence-corrected chi connectivity index (χ0v) is 20.3. The van der Waals surface area contributed by atoms with Gasteiger partial charge in [0.1, 0.15) is 12.4 Å². The van der Waals surface area contributed by atoms with Gasteiger partial charge in [0.05, 0.1) is 12.0 Å². The van der Waals surface area contributed by atoms with Crippen molar-refractivity contribution >= 4 is 27.7 Å². The molecule has 1 fully saturated rings. The van der Waals surface area contributed by atoms with Crippen LogP contribution in [0.25, 0.3) is 0 Å². The molecule has 0 aromatic heterocycles. The molecular weight excluding hydrogens is 468 g/mol. The van der Waals surface area contributed by atoms with Gasteiger partial charge in [0.25, 0.3) is 5.91 Å². The molecule has 0 bridgehead atoms. The van der Waals surface area contributed by atoms with Gasteiger partial charge in [-0.05, 0) is 61.9 Å². The number of carbonyl (C=O) groups is 2. The molecule has 1 saturated heterocycles. The number of rotatable bonds is 1. The van der Waals surface area contributed by atoms with E-state index in [1.165, 1.54) is 5.56 Å². The lowest BCUT2D eigenvalue weighted by molar-refractivity contribution is -0.144. The Hall–Kier alpha value is -2.34. The van der Waals surface area contributed by atoms with Gasteiger partial charge in [-0.3, -0.25) is 9.59 Å². The minimum atomic E-state index is -0.387. The van der Waals surface area contributed by atoms with Crippen molar-refractivity contribution in [1.29, 1.82) is 0 Å². The van der Waals surface area contributed by atoms with E-state index in [0.717, 1.165) is 35.9 Å². The summed E-state index contributed by atoms with van der Waals surface area (Å²) in [5.41, 5.74) is 1.54. The Labute approximate surface area is 198 Å². The highest BCUT2D eigenvalue weighted by Gasteiger charge is 2.43. The van der Waals surface area contributed by atoms with Crippen LogP contribution in [-0.4, -0.2) is 54.9 Å². The van der Waals surface area contributed by atoms with Crippen LogP contribution in [0.15, 0.2) is 53.0 Å². The van der Waals surface area contributed by atoms with Crippen LogP contribution in [-0.2, 0) is 11.2 Å². The maximum Gasteiger partial charge on any atom is 0.253 e. The molecule has 0 radical (unpaired) electrons. The van der Waals surface area contributed by atoms with Crippen molar-refractivity contribution in [1.82, 2.24) is 9.80 Å². The summed E-state index contributed by atoms with van der Waals surface area (Å²) < 4.78 is 6.91. The summed E-state index contributed by atoms with van der Waals surface area (Å²) in [6.07, 6.45) is 5.29. The van der Waals surface area contributed by atoms with E-state index < -0.39 is 0 Å². The molecule has 0 atom stereocenters. The number of hydrogen-bond donors (Lipinski definition) is 0. The van der Waals surface area contributed by atoms with Crippen LogP contribution < -0.4 is 4.74 Å². The molecule has 2 aliphatic rings. The fourth-order valence-corrected chi connectivity index (χ4v) is 5.34. The first-order valence-corrected chi connectivity index (χ1v) is 12.3. The minimum absolute atomic E-state index is 0.0418. The normalized spacial score (nSPS) is 19.5. The quantitative estimate of drug-likeness (QED) is 0.559. The van der Waals surface area contributed by atoms with Crippen LogP contribution in [0.1, 0.15) is 48.0 Å². The Bertz CT molecular complexity index is 969. The fraction of sp³-hybridized carbons (Fsp3) is 0.462. The number of ether oxygens (including phenoxy) is 1. The molecule has 2 aliphatic heterocycles. The number of hydrogen-bond acceptors (Lipinski definition) is 3. The predicted molar refractivity (Wildman–Crippen MR) is 129 cm³/mol. The monoisotopic (exact) mass is 498 g/mol. The van der Waals surface area contributed by atoms with Gasteiger partial charge in [0, 0.05) is 30.2 Å². The summed E-state index contributed by atoms with van der Waals surface area (Å²) in [7, 11) is 1.88. The molecule has 0 unspecified atom stereocenters. The van der Waals surface area contributed by atoms with Crippen molar-refractivity contribution in [2.24, 2.45) is 5.41 Å². The summed E-state index contributed by atoms with van der Waals surface area (Å²) in [6, 6.07) is 15.7. The zero-order valence-electron chi connectivity index (χ0n) is 18.7. The van der Waals surface area contributed by atoms with E-state index in [9.17, 15) is 9.59 Å². The van der Waals surface area contributed by atoms with Crippen molar-refractivity contribution in [2.75, 3.05) is 33.3 Å². The number of amides is 2. The van der Waals surface area contributed by atoms with Gasteiger partial charge >= 0.3 is 0 Å². The van der Waals surface area contributed by atoms with E-state index in [2.05, 4.69) is 28.1 Å². The molecule has 1 spiro atoms. The van der Waals surface area contributed by atoms with Gasteiger partial charge in [-0.2, -0.15) is 0 Å². The smallest absolute Gasteiger partial charge is 0.253 e. The van der Waals surface area contributed by atoms with Crippen molar-refractivity contribution in [2.45, 2.75) is 38.5 Å². The Balaban J connectivity index is 1.46. The fourth-order valence-electron chi connectivity index (χ4n) is 4.94. The van der Waals surface area contributed by atoms with Crippen LogP contribution in [0.3, 0.4) is 0 Å². The van der Waals surface area contributed by atoms with E-state index in [4.69, 9.17) is 4.74 Å². The third-order valence-corrected chi connectivity index (χ3v) is 7.38. The first-order valence-electron chi connectivity index (χ1n) is 11.5. The Kier molecular flexibility index (Phi) is 7.19. The maximum absolute atomic E-state index is 13.5. The van der Waals surface area contributed by atoms with E-state index >= 15 is 0 Å². The number of aryl methyl sites for hydroxylation is 1. The van der Waals surface area contributed by atoms with E-state index in [1.807, 2.05) is 53.2 Å². The molecule has 2 amide bonds. The molecule has 5 nitrogen and oxygen atoms in total. The second-order valence-electron chi connectivity index (χ2n) is 8.97. The van der Waals surface area contributed by atoms with Crippen molar-refractivity contribution in [3.63, 3.8) is 0 Å². The van der Waals surface area contributed by atoms with Gasteiger partial charge in [-0.15, -0.1) is 0 Å². The molecule has 0 N–H and O–H groups in total. The number of likely N-dealkylation sites (N-methyl/N-ethyl adjacent to an activating group) is 1. The van der Waals surface area contributed by atoms with Crippen molar-refractivity contribution in [3.05, 3.63) is 64.1 Å². The SMILES string of the molecule is CN1CCOc2ccccc2CCCCC2(CCN(C(=O)c3cccc(Br)c3)CC2)C1=O. The molecule has 32 heavy (non-hydrogen) atoms. The number of piperidine rings is 1. The number of benzene rings is 2. The average molecular weight is 499 g/mol. The summed E-state index contributed by atoms with van der Waals surface area (Å²) in [5.74, 6) is 1.17. The number of likely N-dealkylation sites (tertiary alicyclic amines) is 1. The molecule has 4 rings (SSSR count). The van der Waals surface area contributed by atoms with Crippen LogP contribution in [0, 0.1) is 5.41 Å². The topological polar surface area (TPSA) is 49.9 Å². The highest BCUT2D eigenvalue weighted by Crippen LogP contribution is 2.39. The highest BCUT2D eigenvalue weighted by atomic mass is 79.9. The molecule has 0 aliphatic carbocycles. The van der Waals surface area contributed by atoms with Crippen LogP contribution in [0.5, 0.6) is 5.75 Å². The largest absolute Gasteiger partial charge is 0.491 e. The van der Waals surface area contributed by atoms with Gasteiger partial charge in [-0.1, -0.05) is 46.6 Å². The number of carbonyl (C=O) groups excluding carboxylic acids is 2. The minimum Gasteiger partial charge on any atom is -0.491 e. The lowest BCUT2D eigenvalue weighted by atomic mass is 9.73. The summed E-state index contributed by atoms with van der Waals surface area (Å²) >= 11 is 3.45. The molecule has 6 heteroatoms. The van der Waals surface area contributed by atoms with Crippen LogP contribution >= 0.6 is 15.9 Å². The highest BCUT2D eigenvalue weighted by molar-refractivity contribution is 9.10. The third-order valence-electron chi connectivity index (χ3n) is 6.89. The molecule has 170 valence electrons. The maximum atomic E-state index is 13.5. The van der Waals surface area contributed by atoms with E-state index in [-0.39, 0.29) is 17.2 Å². The van der Waals surface area contributed by atoms with E-state index in [0.29, 0.717) is 44.6 Å². The number of fused-ring (bicyclic) bond motifs is 1. The molecular formula is C26H31BrN2O3. The lowest BCUT2D eigenvalue weighted by Gasteiger charge is -2.43. The lowest BCUT2D eigenvalue weighted by Crippen LogP contribution is -2.51. The second kappa shape index (κ2) is 10.1. The summed E-state index contributed by atoms with van der Waals surface area (Å²) in [5, 5.41) is 0. The Morgan fingerprint density at radius 1 is 1.00 bits per heavy atom. The Morgan fingerprint density at radius 3 is 2.56 bits per heavy atom. The van der Waals surface area contributed by atoms with Crippen molar-refractivity contribution < 1.29 is 14.3 Å². The van der Waals surface area contributed by atoms with Gasteiger partial charge < -0.3 is 14.5 Å². The number of halogens is 1. The first-order chi connectivity index (χ1) is 15.5.